The average Bonchev–Trinajstić information content (AvgIpc) is 2.79. The summed E-state index contributed by atoms with van der Waals surface area (Å²) < 4.78 is 6.93. The third kappa shape index (κ3) is 5.07. The van der Waals surface area contributed by atoms with Gasteiger partial charge in [0.05, 0.1) is 17.6 Å². The molecule has 0 unspecified atom stereocenters. The van der Waals surface area contributed by atoms with E-state index in [0.717, 1.165) is 18.4 Å². The molecule has 34 heavy (non-hydrogen) atoms. The van der Waals surface area contributed by atoms with Crippen molar-refractivity contribution in [2.45, 2.75) is 110 Å². The molecule has 1 aliphatic heterocycles. The fraction of sp³-hybridized carbons (Fsp3) is 0.679. The molecule has 2 aromatic rings. The molecular weight excluding hydrogens is 426 g/mol. The molecule has 6 nitrogen and oxygen atoms in total. The SMILES string of the molecule is CCOC(=O)c1nc2ccccc2n([C@@H](C)C[C@@H]2CCC[C@H](C)N2C2CCC(C)(C)CC2)c1=O. The van der Waals surface area contributed by atoms with Gasteiger partial charge in [-0.05, 0) is 83.3 Å². The Morgan fingerprint density at radius 3 is 2.59 bits per heavy atom. The first-order valence-electron chi connectivity index (χ1n) is 13.2. The average molecular weight is 468 g/mol. The van der Waals surface area contributed by atoms with Gasteiger partial charge in [0.1, 0.15) is 0 Å². The van der Waals surface area contributed by atoms with E-state index in [1.165, 1.54) is 38.5 Å². The molecule has 3 atom stereocenters. The summed E-state index contributed by atoms with van der Waals surface area (Å²) >= 11 is 0. The summed E-state index contributed by atoms with van der Waals surface area (Å²) in [6, 6.07) is 9.19. The van der Waals surface area contributed by atoms with Gasteiger partial charge in [0, 0.05) is 24.2 Å². The van der Waals surface area contributed by atoms with Gasteiger partial charge in [-0.3, -0.25) is 9.69 Å². The lowest BCUT2D eigenvalue weighted by Gasteiger charge is -2.49. The van der Waals surface area contributed by atoms with Crippen LogP contribution in [0, 0.1) is 5.41 Å². The van der Waals surface area contributed by atoms with E-state index >= 15 is 0 Å². The molecule has 6 heteroatoms. The first-order valence-corrected chi connectivity index (χ1v) is 13.2. The summed E-state index contributed by atoms with van der Waals surface area (Å²) in [5.41, 5.74) is 1.42. The summed E-state index contributed by atoms with van der Waals surface area (Å²) in [6.07, 6.45) is 9.60. The van der Waals surface area contributed by atoms with Crippen molar-refractivity contribution in [1.29, 1.82) is 0 Å². The monoisotopic (exact) mass is 467 g/mol. The molecule has 4 rings (SSSR count). The van der Waals surface area contributed by atoms with Crippen molar-refractivity contribution in [2.75, 3.05) is 6.61 Å². The number of carbonyl (C=O) groups is 1. The summed E-state index contributed by atoms with van der Waals surface area (Å²) in [5, 5.41) is 0. The minimum absolute atomic E-state index is 0.0496. The van der Waals surface area contributed by atoms with Crippen LogP contribution in [0.4, 0.5) is 0 Å². The summed E-state index contributed by atoms with van der Waals surface area (Å²) in [7, 11) is 0. The molecule has 1 aliphatic carbocycles. The Morgan fingerprint density at radius 2 is 1.88 bits per heavy atom. The number of para-hydroxylation sites is 2. The van der Waals surface area contributed by atoms with Crippen molar-refractivity contribution in [1.82, 2.24) is 14.5 Å². The molecule has 0 bridgehead atoms. The van der Waals surface area contributed by atoms with Crippen molar-refractivity contribution in [2.24, 2.45) is 5.41 Å². The van der Waals surface area contributed by atoms with Gasteiger partial charge in [-0.25, -0.2) is 9.78 Å². The zero-order valence-electron chi connectivity index (χ0n) is 21.5. The second-order valence-corrected chi connectivity index (χ2v) is 11.2. The van der Waals surface area contributed by atoms with Crippen LogP contribution >= 0.6 is 0 Å². The molecule has 1 aromatic heterocycles. The lowest BCUT2D eigenvalue weighted by Crippen LogP contribution is -2.53. The Labute approximate surface area is 203 Å². The van der Waals surface area contributed by atoms with E-state index in [9.17, 15) is 9.59 Å². The lowest BCUT2D eigenvalue weighted by atomic mass is 9.74. The molecule has 2 fully saturated rings. The van der Waals surface area contributed by atoms with Gasteiger partial charge in [0.15, 0.2) is 0 Å². The van der Waals surface area contributed by atoms with Crippen LogP contribution in [0.15, 0.2) is 29.1 Å². The number of esters is 1. The first-order chi connectivity index (χ1) is 16.2. The lowest BCUT2D eigenvalue weighted by molar-refractivity contribution is 0.00417. The van der Waals surface area contributed by atoms with E-state index < -0.39 is 5.97 Å². The Kier molecular flexibility index (Phi) is 7.46. The van der Waals surface area contributed by atoms with Crippen LogP contribution in [0.3, 0.4) is 0 Å². The van der Waals surface area contributed by atoms with Crippen LogP contribution in [-0.2, 0) is 4.74 Å². The standard InChI is InChI=1S/C28H41N3O3/c1-6-34-27(33)25-26(32)31(24-13-8-7-12-23(24)29-25)20(3)18-22-11-9-10-19(2)30(22)21-14-16-28(4,5)17-15-21/h7-8,12-13,19-22H,6,9-11,14-18H2,1-5H3/t19-,20-,22-/m0/s1. The minimum Gasteiger partial charge on any atom is -0.461 e. The predicted octanol–water partition coefficient (Wildman–Crippen LogP) is 5.74. The molecule has 1 saturated heterocycles. The molecule has 0 amide bonds. The van der Waals surface area contributed by atoms with Gasteiger partial charge in [-0.15, -0.1) is 0 Å². The van der Waals surface area contributed by atoms with E-state index in [1.54, 1.807) is 11.5 Å². The van der Waals surface area contributed by atoms with Crippen molar-refractivity contribution in [3.8, 4) is 0 Å². The van der Waals surface area contributed by atoms with Crippen LogP contribution in [0.25, 0.3) is 11.0 Å². The van der Waals surface area contributed by atoms with Crippen LogP contribution in [0.1, 0.15) is 103 Å². The van der Waals surface area contributed by atoms with Crippen molar-refractivity contribution in [3.63, 3.8) is 0 Å². The third-order valence-corrected chi connectivity index (χ3v) is 8.14. The Morgan fingerprint density at radius 1 is 1.18 bits per heavy atom. The molecule has 2 aliphatic rings. The number of hydrogen-bond donors (Lipinski definition) is 0. The number of piperidine rings is 1. The molecular formula is C28H41N3O3. The number of carbonyl (C=O) groups excluding carboxylic acids is 1. The molecule has 1 saturated carbocycles. The fourth-order valence-electron chi connectivity index (χ4n) is 6.31. The predicted molar refractivity (Wildman–Crippen MR) is 136 cm³/mol. The van der Waals surface area contributed by atoms with Crippen LogP contribution in [0.5, 0.6) is 0 Å². The minimum atomic E-state index is -0.642. The highest BCUT2D eigenvalue weighted by atomic mass is 16.5. The highest BCUT2D eigenvalue weighted by molar-refractivity contribution is 5.89. The summed E-state index contributed by atoms with van der Waals surface area (Å²) in [6.45, 7) is 11.2. The van der Waals surface area contributed by atoms with Crippen LogP contribution in [-0.4, -0.2) is 45.2 Å². The first kappa shape index (κ1) is 24.9. The topological polar surface area (TPSA) is 64.4 Å². The molecule has 0 spiro atoms. The number of fused-ring (bicyclic) bond motifs is 1. The Balaban J connectivity index is 1.65. The number of benzene rings is 1. The van der Waals surface area contributed by atoms with E-state index in [2.05, 4.69) is 37.6 Å². The molecule has 0 radical (unpaired) electrons. The summed E-state index contributed by atoms with van der Waals surface area (Å²) in [5.74, 6) is -0.642. The van der Waals surface area contributed by atoms with Gasteiger partial charge >= 0.3 is 5.97 Å². The van der Waals surface area contributed by atoms with E-state index in [1.807, 2.05) is 24.3 Å². The quantitative estimate of drug-likeness (QED) is 0.507. The second kappa shape index (κ2) is 10.2. The van der Waals surface area contributed by atoms with Crippen molar-refractivity contribution < 1.29 is 9.53 Å². The fourth-order valence-corrected chi connectivity index (χ4v) is 6.31. The van der Waals surface area contributed by atoms with Crippen molar-refractivity contribution in [3.05, 3.63) is 40.3 Å². The van der Waals surface area contributed by atoms with Crippen LogP contribution < -0.4 is 5.56 Å². The van der Waals surface area contributed by atoms with Gasteiger partial charge in [0.25, 0.3) is 5.56 Å². The molecule has 1 aromatic carbocycles. The Bertz CT molecular complexity index is 1070. The van der Waals surface area contributed by atoms with E-state index in [4.69, 9.17) is 4.74 Å². The largest absolute Gasteiger partial charge is 0.461 e. The van der Waals surface area contributed by atoms with Crippen LogP contribution in [0.2, 0.25) is 0 Å². The van der Waals surface area contributed by atoms with Gasteiger partial charge in [-0.2, -0.15) is 0 Å². The second-order valence-electron chi connectivity index (χ2n) is 11.2. The number of likely N-dealkylation sites (tertiary alicyclic amines) is 1. The third-order valence-electron chi connectivity index (χ3n) is 8.14. The van der Waals surface area contributed by atoms with E-state index in [-0.39, 0.29) is 23.9 Å². The number of ether oxygens (including phenoxy) is 1. The van der Waals surface area contributed by atoms with Gasteiger partial charge in [0.2, 0.25) is 5.69 Å². The summed E-state index contributed by atoms with van der Waals surface area (Å²) in [4.78, 5) is 33.2. The van der Waals surface area contributed by atoms with Gasteiger partial charge in [-0.1, -0.05) is 32.4 Å². The number of aromatic nitrogens is 2. The van der Waals surface area contributed by atoms with E-state index in [0.29, 0.717) is 29.1 Å². The maximum Gasteiger partial charge on any atom is 0.362 e. The molecule has 0 N–H and O–H groups in total. The normalized spacial score (nSPS) is 24.7. The van der Waals surface area contributed by atoms with Crippen molar-refractivity contribution >= 4 is 17.0 Å². The maximum absolute atomic E-state index is 13.5. The number of rotatable bonds is 6. The molecule has 186 valence electrons. The highest BCUT2D eigenvalue weighted by Crippen LogP contribution is 2.41. The maximum atomic E-state index is 13.5. The Hall–Kier alpha value is -2.21. The number of hydrogen-bond acceptors (Lipinski definition) is 5. The molecule has 2 heterocycles. The smallest absolute Gasteiger partial charge is 0.362 e. The zero-order valence-corrected chi connectivity index (χ0v) is 21.5. The highest BCUT2D eigenvalue weighted by Gasteiger charge is 2.38. The number of nitrogens with zero attached hydrogens (tertiary/aromatic N) is 3. The van der Waals surface area contributed by atoms with Gasteiger partial charge < -0.3 is 9.30 Å². The zero-order chi connectivity index (χ0) is 24.5.